The molecule has 1 nitrogen and oxygen atoms in total. The third-order valence-corrected chi connectivity index (χ3v) is 4.01. The van der Waals surface area contributed by atoms with Gasteiger partial charge in [0, 0.05) is 11.8 Å². The van der Waals surface area contributed by atoms with Crippen LogP contribution in [-0.4, -0.2) is 11.2 Å². The quantitative estimate of drug-likeness (QED) is 0.511. The summed E-state index contributed by atoms with van der Waals surface area (Å²) in [6.45, 7) is 14.2. The van der Waals surface area contributed by atoms with Gasteiger partial charge in [0.25, 0.3) is 0 Å². The van der Waals surface area contributed by atoms with Crippen LogP contribution in [0.3, 0.4) is 0 Å². The van der Waals surface area contributed by atoms with Gasteiger partial charge in [0.2, 0.25) is 0 Å². The van der Waals surface area contributed by atoms with E-state index in [2.05, 4.69) is 51.5 Å². The van der Waals surface area contributed by atoms with Gasteiger partial charge in [-0.3, -0.25) is 0 Å². The Labute approximate surface area is 137 Å². The second kappa shape index (κ2) is 11.1. The number of aliphatic hydroxyl groups is 1. The number of rotatable bonds is 6. The molecule has 0 heterocycles. The number of aliphatic hydroxyl groups excluding tert-OH is 1. The van der Waals surface area contributed by atoms with Crippen molar-refractivity contribution in [3.8, 4) is 12.3 Å². The van der Waals surface area contributed by atoms with Gasteiger partial charge in [0.15, 0.2) is 0 Å². The van der Waals surface area contributed by atoms with Gasteiger partial charge in [0.05, 0.1) is 6.10 Å². The van der Waals surface area contributed by atoms with Crippen molar-refractivity contribution in [2.24, 2.45) is 11.8 Å². The molecule has 0 aliphatic heterocycles. The lowest BCUT2D eigenvalue weighted by Crippen LogP contribution is -2.22. The Hall–Kier alpha value is -1.52. The minimum Gasteiger partial charge on any atom is -0.388 e. The van der Waals surface area contributed by atoms with E-state index in [1.54, 1.807) is 0 Å². The molecule has 0 saturated carbocycles. The first-order chi connectivity index (χ1) is 10.5. The van der Waals surface area contributed by atoms with Crippen LogP contribution in [0.15, 0.2) is 47.6 Å². The first-order valence-electron chi connectivity index (χ1n) is 8.38. The van der Waals surface area contributed by atoms with Gasteiger partial charge in [-0.15, -0.1) is 6.42 Å². The largest absolute Gasteiger partial charge is 0.388 e. The highest BCUT2D eigenvalue weighted by Gasteiger charge is 2.21. The molecule has 0 aromatic rings. The van der Waals surface area contributed by atoms with Crippen LogP contribution in [0.5, 0.6) is 0 Å². The van der Waals surface area contributed by atoms with E-state index in [4.69, 9.17) is 6.42 Å². The summed E-state index contributed by atoms with van der Waals surface area (Å²) in [5.74, 6) is 3.06. The maximum Gasteiger partial charge on any atom is 0.0813 e. The average molecular weight is 300 g/mol. The lowest BCUT2D eigenvalue weighted by atomic mass is 9.83. The zero-order valence-electron chi connectivity index (χ0n) is 14.9. The first kappa shape index (κ1) is 20.5. The van der Waals surface area contributed by atoms with Crippen molar-refractivity contribution in [3.05, 3.63) is 47.6 Å². The summed E-state index contributed by atoms with van der Waals surface area (Å²) in [6, 6.07) is 0. The van der Waals surface area contributed by atoms with Gasteiger partial charge in [-0.1, -0.05) is 70.4 Å². The van der Waals surface area contributed by atoms with Gasteiger partial charge in [-0.25, -0.2) is 0 Å². The van der Waals surface area contributed by atoms with Gasteiger partial charge in [-0.05, 0) is 37.0 Å². The number of terminal acetylenes is 1. The third kappa shape index (κ3) is 6.08. The Balaban J connectivity index is 0.00000211. The maximum atomic E-state index is 10.3. The smallest absolute Gasteiger partial charge is 0.0813 e. The van der Waals surface area contributed by atoms with E-state index in [0.29, 0.717) is 5.92 Å². The summed E-state index contributed by atoms with van der Waals surface area (Å²) in [5.41, 5.74) is 3.34. The van der Waals surface area contributed by atoms with Crippen LogP contribution in [0.25, 0.3) is 0 Å². The molecule has 0 aromatic heterocycles. The Morgan fingerprint density at radius 2 is 2.18 bits per heavy atom. The SMILES string of the molecule is C#C/C=C(\C)C1C=CC(C(C)C(O)C(=C)CCC)=CC1.CC. The molecule has 0 bridgehead atoms. The zero-order valence-corrected chi connectivity index (χ0v) is 14.9. The molecule has 0 spiro atoms. The molecule has 1 heteroatoms. The Morgan fingerprint density at radius 3 is 2.64 bits per heavy atom. The second-order valence-electron chi connectivity index (χ2n) is 5.60. The van der Waals surface area contributed by atoms with Crippen LogP contribution in [0.2, 0.25) is 0 Å². The van der Waals surface area contributed by atoms with Crippen molar-refractivity contribution < 1.29 is 5.11 Å². The fourth-order valence-corrected chi connectivity index (χ4v) is 2.56. The fraction of sp³-hybridized carbons (Fsp3) is 0.524. The fourth-order valence-electron chi connectivity index (χ4n) is 2.56. The van der Waals surface area contributed by atoms with E-state index in [9.17, 15) is 5.11 Å². The molecule has 1 aliphatic carbocycles. The van der Waals surface area contributed by atoms with E-state index >= 15 is 0 Å². The summed E-state index contributed by atoms with van der Waals surface area (Å²) in [6.07, 6.45) is 16.1. The summed E-state index contributed by atoms with van der Waals surface area (Å²) >= 11 is 0. The van der Waals surface area contributed by atoms with Crippen LogP contribution in [0.1, 0.15) is 53.9 Å². The molecule has 0 aromatic carbocycles. The van der Waals surface area contributed by atoms with E-state index in [0.717, 1.165) is 24.8 Å². The van der Waals surface area contributed by atoms with Crippen molar-refractivity contribution >= 4 is 0 Å². The summed E-state index contributed by atoms with van der Waals surface area (Å²) in [5, 5.41) is 10.3. The Kier molecular flexibility index (Phi) is 10.3. The highest BCUT2D eigenvalue weighted by atomic mass is 16.3. The van der Waals surface area contributed by atoms with Gasteiger partial charge >= 0.3 is 0 Å². The molecule has 0 radical (unpaired) electrons. The van der Waals surface area contributed by atoms with Gasteiger partial charge in [0.1, 0.15) is 0 Å². The van der Waals surface area contributed by atoms with Crippen LogP contribution in [0, 0.1) is 24.2 Å². The van der Waals surface area contributed by atoms with Gasteiger partial charge in [-0.2, -0.15) is 0 Å². The summed E-state index contributed by atoms with van der Waals surface area (Å²) in [7, 11) is 0. The monoisotopic (exact) mass is 300 g/mol. The molecule has 122 valence electrons. The van der Waals surface area contributed by atoms with Crippen LogP contribution in [0.4, 0.5) is 0 Å². The zero-order chi connectivity index (χ0) is 17.1. The predicted octanol–water partition coefficient (Wildman–Crippen LogP) is 5.45. The molecular weight excluding hydrogens is 268 g/mol. The highest BCUT2D eigenvalue weighted by molar-refractivity contribution is 5.33. The minimum atomic E-state index is -0.454. The third-order valence-electron chi connectivity index (χ3n) is 4.01. The predicted molar refractivity (Wildman–Crippen MR) is 98.5 cm³/mol. The lowest BCUT2D eigenvalue weighted by molar-refractivity contribution is 0.165. The molecule has 1 aliphatic rings. The average Bonchev–Trinajstić information content (AvgIpc) is 2.56. The molecule has 22 heavy (non-hydrogen) atoms. The van der Waals surface area contributed by atoms with Crippen molar-refractivity contribution in [1.82, 2.24) is 0 Å². The molecule has 0 fully saturated rings. The van der Waals surface area contributed by atoms with Crippen molar-refractivity contribution in [2.75, 3.05) is 0 Å². The molecule has 3 unspecified atom stereocenters. The van der Waals surface area contributed by atoms with E-state index in [1.165, 1.54) is 11.1 Å². The van der Waals surface area contributed by atoms with Crippen molar-refractivity contribution in [2.45, 2.75) is 60.0 Å². The normalized spacial score (nSPS) is 20.1. The molecule has 0 amide bonds. The highest BCUT2D eigenvalue weighted by Crippen LogP contribution is 2.29. The second-order valence-corrected chi connectivity index (χ2v) is 5.60. The Bertz CT molecular complexity index is 471. The van der Waals surface area contributed by atoms with E-state index < -0.39 is 6.10 Å². The van der Waals surface area contributed by atoms with Crippen molar-refractivity contribution in [3.63, 3.8) is 0 Å². The molecule has 1 N–H and O–H groups in total. The standard InChI is InChI=1S/C19H26O.C2H6/c1-6-8-14(3)17-10-12-18(13-11-17)16(5)19(20)15(4)9-7-2;1-2/h1,8,10,12-13,16-17,19-20H,4,7,9,11H2,2-3,5H3;1-2H3/b14-8+;. The first-order valence-corrected chi connectivity index (χ1v) is 8.38. The number of allylic oxidation sites excluding steroid dienone is 5. The van der Waals surface area contributed by atoms with E-state index in [-0.39, 0.29) is 5.92 Å². The van der Waals surface area contributed by atoms with E-state index in [1.807, 2.05) is 19.9 Å². The van der Waals surface area contributed by atoms with Crippen LogP contribution in [-0.2, 0) is 0 Å². The maximum absolute atomic E-state index is 10.3. The topological polar surface area (TPSA) is 20.2 Å². The van der Waals surface area contributed by atoms with Gasteiger partial charge < -0.3 is 5.11 Å². The lowest BCUT2D eigenvalue weighted by Gasteiger charge is -2.25. The minimum absolute atomic E-state index is 0.100. The summed E-state index contributed by atoms with van der Waals surface area (Å²) < 4.78 is 0. The molecule has 1 rings (SSSR count). The molecular formula is C21H32O. The molecule has 0 saturated heterocycles. The summed E-state index contributed by atoms with van der Waals surface area (Å²) in [4.78, 5) is 0. The molecule has 3 atom stereocenters. The number of hydrogen-bond acceptors (Lipinski definition) is 1. The number of hydrogen-bond donors (Lipinski definition) is 1. The van der Waals surface area contributed by atoms with Crippen LogP contribution < -0.4 is 0 Å². The van der Waals surface area contributed by atoms with Crippen molar-refractivity contribution in [1.29, 1.82) is 0 Å². The van der Waals surface area contributed by atoms with Crippen LogP contribution >= 0.6 is 0 Å². The Morgan fingerprint density at radius 1 is 1.55 bits per heavy atom.